The van der Waals surface area contributed by atoms with Gasteiger partial charge in [0.15, 0.2) is 0 Å². The minimum Gasteiger partial charge on any atom is -0.274 e. The highest BCUT2D eigenvalue weighted by Crippen LogP contribution is 2.40. The Morgan fingerprint density at radius 2 is 1.84 bits per heavy atom. The molecule has 0 unspecified atom stereocenters. The van der Waals surface area contributed by atoms with E-state index in [9.17, 15) is 9.59 Å². The lowest BCUT2D eigenvalue weighted by molar-refractivity contribution is -0.122. The maximum atomic E-state index is 12.5. The van der Waals surface area contributed by atoms with E-state index in [0.29, 0.717) is 12.1 Å². The van der Waals surface area contributed by atoms with E-state index in [4.69, 9.17) is 0 Å². The molecule has 4 heteroatoms. The molecule has 19 heavy (non-hydrogen) atoms. The molecule has 0 bridgehead atoms. The molecule has 1 aromatic rings. The summed E-state index contributed by atoms with van der Waals surface area (Å²) in [5.74, 6) is -0.365. The van der Waals surface area contributed by atoms with Gasteiger partial charge in [-0.25, -0.2) is 0 Å². The van der Waals surface area contributed by atoms with Gasteiger partial charge in [-0.3, -0.25) is 14.5 Å². The number of imide groups is 1. The molecule has 1 fully saturated rings. The first-order valence-corrected chi connectivity index (χ1v) is 7.19. The van der Waals surface area contributed by atoms with Crippen LogP contribution in [0, 0.1) is 17.8 Å². The predicted molar refractivity (Wildman–Crippen MR) is 76.5 cm³/mol. The Bertz CT molecular complexity index is 564. The number of benzene rings is 1. The highest BCUT2D eigenvalue weighted by molar-refractivity contribution is 9.10. The number of nitrogens with zero attached hydrogens (tertiary/aromatic N) is 1. The fourth-order valence-corrected chi connectivity index (χ4v) is 3.26. The van der Waals surface area contributed by atoms with Crippen molar-refractivity contribution < 1.29 is 9.59 Å². The monoisotopic (exact) mass is 319 g/mol. The lowest BCUT2D eigenvalue weighted by Gasteiger charge is -2.22. The molecule has 3 rings (SSSR count). The minimum absolute atomic E-state index is 0.0610. The summed E-state index contributed by atoms with van der Waals surface area (Å²) in [6, 6.07) is 7.30. The fraction of sp³-hybridized carbons (Fsp3) is 0.333. The number of amides is 2. The maximum absolute atomic E-state index is 12.5. The van der Waals surface area contributed by atoms with Gasteiger partial charge < -0.3 is 0 Å². The third-order valence-corrected chi connectivity index (χ3v) is 4.49. The summed E-state index contributed by atoms with van der Waals surface area (Å²) in [6.45, 7) is 2.00. The minimum atomic E-state index is -0.193. The van der Waals surface area contributed by atoms with Crippen LogP contribution in [0.1, 0.15) is 13.3 Å². The highest BCUT2D eigenvalue weighted by atomic mass is 79.9. The Hall–Kier alpha value is -1.42. The Morgan fingerprint density at radius 1 is 1.16 bits per heavy atom. The SMILES string of the molecule is C[C@H]1C=CC[C@@H]2C(=O)N(c3ccc(Br)cc3)C(=O)[C@@H]21. The Kier molecular flexibility index (Phi) is 3.05. The summed E-state index contributed by atoms with van der Waals surface area (Å²) < 4.78 is 0.933. The van der Waals surface area contributed by atoms with Crippen molar-refractivity contribution in [3.63, 3.8) is 0 Å². The second-order valence-electron chi connectivity index (χ2n) is 5.14. The molecule has 3 atom stereocenters. The average molecular weight is 320 g/mol. The lowest BCUT2D eigenvalue weighted by atomic mass is 9.78. The first-order chi connectivity index (χ1) is 9.09. The fourth-order valence-electron chi connectivity index (χ4n) is 2.99. The van der Waals surface area contributed by atoms with Gasteiger partial charge in [0.05, 0.1) is 17.5 Å². The summed E-state index contributed by atoms with van der Waals surface area (Å²) in [7, 11) is 0. The van der Waals surface area contributed by atoms with Crippen molar-refractivity contribution >= 4 is 33.4 Å². The average Bonchev–Trinajstić information content (AvgIpc) is 2.65. The smallest absolute Gasteiger partial charge is 0.238 e. The van der Waals surface area contributed by atoms with Gasteiger partial charge in [-0.1, -0.05) is 35.0 Å². The quantitative estimate of drug-likeness (QED) is 0.589. The molecule has 1 aliphatic heterocycles. The van der Waals surface area contributed by atoms with E-state index in [1.54, 1.807) is 12.1 Å². The van der Waals surface area contributed by atoms with Crippen molar-refractivity contribution in [3.05, 3.63) is 40.9 Å². The van der Waals surface area contributed by atoms with Crippen LogP contribution in [-0.4, -0.2) is 11.8 Å². The third kappa shape index (κ3) is 1.94. The lowest BCUT2D eigenvalue weighted by Crippen LogP contribution is -2.31. The van der Waals surface area contributed by atoms with Gasteiger partial charge >= 0.3 is 0 Å². The number of fused-ring (bicyclic) bond motifs is 1. The van der Waals surface area contributed by atoms with Crippen molar-refractivity contribution in [1.29, 1.82) is 0 Å². The van der Waals surface area contributed by atoms with Crippen LogP contribution in [0.4, 0.5) is 5.69 Å². The van der Waals surface area contributed by atoms with Crippen molar-refractivity contribution in [1.82, 2.24) is 0 Å². The molecular formula is C15H14BrNO2. The number of allylic oxidation sites excluding steroid dienone is 2. The molecular weight excluding hydrogens is 306 g/mol. The number of anilines is 1. The van der Waals surface area contributed by atoms with Crippen LogP contribution in [0.25, 0.3) is 0 Å². The Morgan fingerprint density at radius 3 is 2.47 bits per heavy atom. The summed E-state index contributed by atoms with van der Waals surface area (Å²) in [6.07, 6.45) is 4.73. The van der Waals surface area contributed by atoms with Gasteiger partial charge in [0.25, 0.3) is 0 Å². The van der Waals surface area contributed by atoms with E-state index < -0.39 is 0 Å². The Labute approximate surface area is 120 Å². The van der Waals surface area contributed by atoms with E-state index in [0.717, 1.165) is 4.47 Å². The molecule has 3 nitrogen and oxygen atoms in total. The van der Waals surface area contributed by atoms with Crippen LogP contribution in [0.2, 0.25) is 0 Å². The van der Waals surface area contributed by atoms with E-state index in [2.05, 4.69) is 15.9 Å². The van der Waals surface area contributed by atoms with Gasteiger partial charge in [-0.2, -0.15) is 0 Å². The van der Waals surface area contributed by atoms with Gasteiger partial charge in [0.2, 0.25) is 11.8 Å². The molecule has 98 valence electrons. The van der Waals surface area contributed by atoms with Gasteiger partial charge in [-0.05, 0) is 36.6 Å². The normalized spacial score (nSPS) is 29.8. The molecule has 0 saturated carbocycles. The number of carbonyl (C=O) groups excluding carboxylic acids is 2. The molecule has 0 N–H and O–H groups in total. The zero-order valence-electron chi connectivity index (χ0n) is 10.5. The summed E-state index contributed by atoms with van der Waals surface area (Å²) in [4.78, 5) is 26.3. The van der Waals surface area contributed by atoms with Crippen LogP contribution >= 0.6 is 15.9 Å². The van der Waals surface area contributed by atoms with Crippen molar-refractivity contribution in [2.24, 2.45) is 17.8 Å². The van der Waals surface area contributed by atoms with E-state index in [-0.39, 0.29) is 29.6 Å². The third-order valence-electron chi connectivity index (χ3n) is 3.96. The van der Waals surface area contributed by atoms with Crippen LogP contribution in [0.15, 0.2) is 40.9 Å². The van der Waals surface area contributed by atoms with Crippen molar-refractivity contribution in [2.45, 2.75) is 13.3 Å². The molecule has 0 spiro atoms. The molecule has 0 aromatic heterocycles. The number of halogens is 1. The van der Waals surface area contributed by atoms with Crippen LogP contribution < -0.4 is 4.90 Å². The van der Waals surface area contributed by atoms with Crippen LogP contribution in [-0.2, 0) is 9.59 Å². The number of carbonyl (C=O) groups is 2. The molecule has 1 aliphatic carbocycles. The van der Waals surface area contributed by atoms with Crippen LogP contribution in [0.5, 0.6) is 0 Å². The molecule has 1 aromatic carbocycles. The summed E-state index contributed by atoms with van der Waals surface area (Å²) in [5.41, 5.74) is 0.666. The van der Waals surface area contributed by atoms with Gasteiger partial charge in [0.1, 0.15) is 0 Å². The number of hydrogen-bond acceptors (Lipinski definition) is 2. The highest BCUT2D eigenvalue weighted by Gasteiger charge is 2.50. The van der Waals surface area contributed by atoms with Gasteiger partial charge in [-0.15, -0.1) is 0 Å². The molecule has 2 aliphatic rings. The van der Waals surface area contributed by atoms with E-state index in [1.807, 2.05) is 31.2 Å². The van der Waals surface area contributed by atoms with E-state index >= 15 is 0 Å². The Balaban J connectivity index is 1.98. The van der Waals surface area contributed by atoms with Crippen molar-refractivity contribution in [3.8, 4) is 0 Å². The van der Waals surface area contributed by atoms with Crippen LogP contribution in [0.3, 0.4) is 0 Å². The second-order valence-corrected chi connectivity index (χ2v) is 6.06. The van der Waals surface area contributed by atoms with E-state index in [1.165, 1.54) is 4.90 Å². The van der Waals surface area contributed by atoms with Crippen molar-refractivity contribution in [2.75, 3.05) is 4.90 Å². The number of hydrogen-bond donors (Lipinski definition) is 0. The largest absolute Gasteiger partial charge is 0.274 e. The zero-order valence-corrected chi connectivity index (χ0v) is 12.1. The topological polar surface area (TPSA) is 37.4 Å². The van der Waals surface area contributed by atoms with Gasteiger partial charge in [0, 0.05) is 4.47 Å². The molecule has 2 amide bonds. The molecule has 0 radical (unpaired) electrons. The number of rotatable bonds is 1. The second kappa shape index (κ2) is 4.60. The molecule has 1 heterocycles. The standard InChI is InChI=1S/C15H14BrNO2/c1-9-3-2-4-12-13(9)15(19)17(14(12)18)11-7-5-10(16)6-8-11/h2-3,5-9,12-13H,4H2,1H3/t9-,12-,13+/m0/s1. The zero-order chi connectivity index (χ0) is 13.6. The predicted octanol–water partition coefficient (Wildman–Crippen LogP) is 3.15. The first kappa shape index (κ1) is 12.6. The summed E-state index contributed by atoms with van der Waals surface area (Å²) >= 11 is 3.36. The summed E-state index contributed by atoms with van der Waals surface area (Å²) in [5, 5.41) is 0. The maximum Gasteiger partial charge on any atom is 0.238 e. The molecule has 1 saturated heterocycles. The first-order valence-electron chi connectivity index (χ1n) is 6.39.